The van der Waals surface area contributed by atoms with Gasteiger partial charge in [-0.3, -0.25) is 14.6 Å². The third-order valence-corrected chi connectivity index (χ3v) is 6.69. The second-order valence-corrected chi connectivity index (χ2v) is 9.68. The summed E-state index contributed by atoms with van der Waals surface area (Å²) >= 11 is 6.08. The lowest BCUT2D eigenvalue weighted by atomic mass is 9.94. The molecule has 3 N–H and O–H groups in total. The van der Waals surface area contributed by atoms with Crippen molar-refractivity contribution in [1.82, 2.24) is 14.9 Å². The van der Waals surface area contributed by atoms with E-state index in [1.807, 2.05) is 6.07 Å². The zero-order valence-corrected chi connectivity index (χ0v) is 21.6. The molecule has 2 aromatic heterocycles. The van der Waals surface area contributed by atoms with Gasteiger partial charge in [-0.15, -0.1) is 0 Å². The molecule has 0 unspecified atom stereocenters. The van der Waals surface area contributed by atoms with Crippen molar-refractivity contribution in [3.8, 4) is 11.1 Å². The highest BCUT2D eigenvalue weighted by Crippen LogP contribution is 2.30. The molecule has 0 spiro atoms. The SMILES string of the molecule is NC(=O)c1cc(-c2cccnc2[C@H](Cc2cc(F)cc(F)c2)NC(=O)Cn2ccc3cc(Cl)ccc32)ccc1F. The predicted octanol–water partition coefficient (Wildman–Crippen LogP) is 5.97. The van der Waals surface area contributed by atoms with Crippen LogP contribution in [0, 0.1) is 17.5 Å². The number of nitrogens with two attached hydrogens (primary N) is 1. The first-order valence-corrected chi connectivity index (χ1v) is 12.6. The van der Waals surface area contributed by atoms with E-state index < -0.39 is 29.4 Å². The molecule has 0 radical (unpaired) electrons. The summed E-state index contributed by atoms with van der Waals surface area (Å²) in [7, 11) is 0. The van der Waals surface area contributed by atoms with Gasteiger partial charge in [-0.05, 0) is 72.1 Å². The Morgan fingerprint density at radius 2 is 1.75 bits per heavy atom. The van der Waals surface area contributed by atoms with E-state index in [1.165, 1.54) is 30.5 Å². The maximum absolute atomic E-state index is 14.2. The van der Waals surface area contributed by atoms with Gasteiger partial charge < -0.3 is 15.6 Å². The number of amides is 2. The number of pyridine rings is 1. The monoisotopic (exact) mass is 562 g/mol. The quantitative estimate of drug-likeness (QED) is 0.244. The Morgan fingerprint density at radius 3 is 2.50 bits per heavy atom. The van der Waals surface area contributed by atoms with Gasteiger partial charge in [0.2, 0.25) is 5.91 Å². The molecule has 3 aromatic carbocycles. The smallest absolute Gasteiger partial charge is 0.251 e. The number of halogens is 4. The summed E-state index contributed by atoms with van der Waals surface area (Å²) in [6, 6.07) is 16.6. The second-order valence-electron chi connectivity index (χ2n) is 9.24. The first-order valence-electron chi connectivity index (χ1n) is 12.2. The van der Waals surface area contributed by atoms with Crippen LogP contribution >= 0.6 is 11.6 Å². The van der Waals surface area contributed by atoms with Crippen LogP contribution in [0.2, 0.25) is 5.02 Å². The zero-order valence-electron chi connectivity index (χ0n) is 20.9. The molecular weight excluding hydrogens is 541 g/mol. The number of carbonyl (C=O) groups is 2. The standard InChI is InChI=1S/C30H22ClF3N4O2/c31-20-4-6-27-19(13-20)7-9-38(27)16-28(39)37-26(12-17-10-21(32)15-22(33)11-17)29-23(2-1-8-36-29)18-3-5-25(34)24(14-18)30(35)40/h1-11,13-15,26H,12,16H2,(H2,35,40)(H,37,39)/t26-/m0/s1. The van der Waals surface area contributed by atoms with E-state index >= 15 is 0 Å². The van der Waals surface area contributed by atoms with E-state index in [9.17, 15) is 22.8 Å². The largest absolute Gasteiger partial charge is 0.366 e. The highest BCUT2D eigenvalue weighted by molar-refractivity contribution is 6.31. The molecular formula is C30H22ClF3N4O2. The number of nitrogens with one attached hydrogen (secondary N) is 1. The van der Waals surface area contributed by atoms with Crippen molar-refractivity contribution < 1.29 is 22.8 Å². The van der Waals surface area contributed by atoms with Crippen LogP contribution in [0.4, 0.5) is 13.2 Å². The number of fused-ring (bicyclic) bond motifs is 1. The molecule has 40 heavy (non-hydrogen) atoms. The molecule has 0 aliphatic rings. The van der Waals surface area contributed by atoms with Crippen molar-refractivity contribution in [3.05, 3.63) is 124 Å². The fourth-order valence-corrected chi connectivity index (χ4v) is 4.89. The van der Waals surface area contributed by atoms with Gasteiger partial charge in [0.1, 0.15) is 24.0 Å². The Labute approximate surface area is 232 Å². The minimum Gasteiger partial charge on any atom is -0.366 e. The van der Waals surface area contributed by atoms with Crippen LogP contribution in [0.3, 0.4) is 0 Å². The molecule has 0 bridgehead atoms. The molecule has 10 heteroatoms. The Kier molecular flexibility index (Phi) is 7.57. The van der Waals surface area contributed by atoms with E-state index in [2.05, 4.69) is 10.3 Å². The summed E-state index contributed by atoms with van der Waals surface area (Å²) in [6.45, 7) is -0.0519. The van der Waals surface area contributed by atoms with Gasteiger partial charge in [-0.2, -0.15) is 0 Å². The Hall–Kier alpha value is -4.63. The number of benzene rings is 3. The fourth-order valence-electron chi connectivity index (χ4n) is 4.71. The van der Waals surface area contributed by atoms with Crippen molar-refractivity contribution in [3.63, 3.8) is 0 Å². The van der Waals surface area contributed by atoms with Crippen LogP contribution in [0.5, 0.6) is 0 Å². The molecule has 6 nitrogen and oxygen atoms in total. The van der Waals surface area contributed by atoms with Crippen molar-refractivity contribution in [2.24, 2.45) is 5.73 Å². The molecule has 0 fully saturated rings. The predicted molar refractivity (Wildman–Crippen MR) is 146 cm³/mol. The molecule has 2 amide bonds. The lowest BCUT2D eigenvalue weighted by Crippen LogP contribution is -2.33. The molecule has 202 valence electrons. The molecule has 0 saturated carbocycles. The normalized spacial score (nSPS) is 11.9. The van der Waals surface area contributed by atoms with Gasteiger partial charge in [0.05, 0.1) is 17.3 Å². The van der Waals surface area contributed by atoms with Crippen molar-refractivity contribution in [2.75, 3.05) is 0 Å². The first-order chi connectivity index (χ1) is 19.2. The molecule has 0 saturated heterocycles. The molecule has 1 atom stereocenters. The van der Waals surface area contributed by atoms with Gasteiger partial charge in [0.25, 0.3) is 5.91 Å². The molecule has 0 aliphatic carbocycles. The number of nitrogens with zero attached hydrogens (tertiary/aromatic N) is 2. The van der Waals surface area contributed by atoms with Crippen molar-refractivity contribution in [1.29, 1.82) is 0 Å². The minimum absolute atomic E-state index is 0.00363. The van der Waals surface area contributed by atoms with Crippen LogP contribution in [-0.4, -0.2) is 21.4 Å². The number of hydrogen-bond donors (Lipinski definition) is 2. The number of carbonyl (C=O) groups excluding carboxylic acids is 2. The van der Waals surface area contributed by atoms with Crippen molar-refractivity contribution in [2.45, 2.75) is 19.0 Å². The average molecular weight is 563 g/mol. The summed E-state index contributed by atoms with van der Waals surface area (Å²) in [5.74, 6) is -3.62. The lowest BCUT2D eigenvalue weighted by Gasteiger charge is -2.22. The van der Waals surface area contributed by atoms with Crippen LogP contribution in [0.1, 0.15) is 27.7 Å². The van der Waals surface area contributed by atoms with Crippen LogP contribution in [0.15, 0.2) is 85.2 Å². The van der Waals surface area contributed by atoms with E-state index in [0.717, 1.165) is 23.0 Å². The maximum Gasteiger partial charge on any atom is 0.251 e. The second kappa shape index (κ2) is 11.2. The number of primary amides is 1. The molecule has 5 aromatic rings. The van der Waals surface area contributed by atoms with E-state index in [0.29, 0.717) is 21.8 Å². The topological polar surface area (TPSA) is 90.0 Å². The van der Waals surface area contributed by atoms with E-state index in [4.69, 9.17) is 17.3 Å². The van der Waals surface area contributed by atoms with Gasteiger partial charge in [0.15, 0.2) is 0 Å². The summed E-state index contributed by atoms with van der Waals surface area (Å²) in [4.78, 5) is 29.6. The molecule has 5 rings (SSSR count). The number of rotatable bonds is 8. The third kappa shape index (κ3) is 5.84. The lowest BCUT2D eigenvalue weighted by molar-refractivity contribution is -0.122. The average Bonchev–Trinajstić information content (AvgIpc) is 3.29. The Balaban J connectivity index is 1.52. The molecule has 0 aliphatic heterocycles. The third-order valence-electron chi connectivity index (χ3n) is 6.46. The summed E-state index contributed by atoms with van der Waals surface area (Å²) in [5, 5.41) is 4.37. The van der Waals surface area contributed by atoms with Gasteiger partial charge in [-0.1, -0.05) is 23.7 Å². The summed E-state index contributed by atoms with van der Waals surface area (Å²) in [5.41, 5.74) is 7.38. The summed E-state index contributed by atoms with van der Waals surface area (Å²) in [6.07, 6.45) is 3.26. The maximum atomic E-state index is 14.2. The number of aromatic nitrogens is 2. The first kappa shape index (κ1) is 27.0. The minimum atomic E-state index is -0.940. The van der Waals surface area contributed by atoms with Gasteiger partial charge >= 0.3 is 0 Å². The van der Waals surface area contributed by atoms with E-state index in [-0.39, 0.29) is 30.0 Å². The van der Waals surface area contributed by atoms with Crippen molar-refractivity contribution >= 4 is 34.3 Å². The highest BCUT2D eigenvalue weighted by atomic mass is 35.5. The highest BCUT2D eigenvalue weighted by Gasteiger charge is 2.23. The Morgan fingerprint density at radius 1 is 0.975 bits per heavy atom. The van der Waals surface area contributed by atoms with Crippen LogP contribution in [-0.2, 0) is 17.8 Å². The molecule has 2 heterocycles. The van der Waals surface area contributed by atoms with Crippen LogP contribution < -0.4 is 11.1 Å². The van der Waals surface area contributed by atoms with Crippen LogP contribution in [0.25, 0.3) is 22.0 Å². The van der Waals surface area contributed by atoms with Gasteiger partial charge in [0, 0.05) is 39.9 Å². The number of hydrogen-bond acceptors (Lipinski definition) is 3. The Bertz CT molecular complexity index is 1730. The van der Waals surface area contributed by atoms with E-state index in [1.54, 1.807) is 41.1 Å². The zero-order chi connectivity index (χ0) is 28.4. The summed E-state index contributed by atoms with van der Waals surface area (Å²) < 4.78 is 44.0. The fraction of sp³-hybridized carbons (Fsp3) is 0.100. The van der Waals surface area contributed by atoms with Gasteiger partial charge in [-0.25, -0.2) is 13.2 Å².